The van der Waals surface area contributed by atoms with Crippen LogP contribution >= 0.6 is 0 Å². The third-order valence-electron chi connectivity index (χ3n) is 3.80. The van der Waals surface area contributed by atoms with Gasteiger partial charge in [0.2, 0.25) is 0 Å². The molecule has 3 rings (SSSR count). The second-order valence-electron chi connectivity index (χ2n) is 5.34. The van der Waals surface area contributed by atoms with Gasteiger partial charge in [-0.15, -0.1) is 5.10 Å². The Bertz CT molecular complexity index is 565. The van der Waals surface area contributed by atoms with Crippen LogP contribution in [0.3, 0.4) is 0 Å². The molecule has 2 heterocycles. The molecule has 0 radical (unpaired) electrons. The lowest BCUT2D eigenvalue weighted by Crippen LogP contribution is -2.42. The first-order valence-electron chi connectivity index (χ1n) is 6.33. The number of piperidine rings is 1. The Morgan fingerprint density at radius 1 is 1.28 bits per heavy atom. The van der Waals surface area contributed by atoms with Gasteiger partial charge in [-0.2, -0.15) is 0 Å². The summed E-state index contributed by atoms with van der Waals surface area (Å²) in [7, 11) is 1.90. The normalized spacial score (nSPS) is 19.4. The Morgan fingerprint density at radius 2 is 2.00 bits per heavy atom. The fourth-order valence-electron chi connectivity index (χ4n) is 2.53. The minimum Gasteiger partial charge on any atom is -0.390 e. The van der Waals surface area contributed by atoms with E-state index in [-0.39, 0.29) is 0 Å². The zero-order chi connectivity index (χ0) is 12.8. The van der Waals surface area contributed by atoms with Crippen molar-refractivity contribution >= 4 is 16.7 Å². The fourth-order valence-corrected chi connectivity index (χ4v) is 2.53. The highest BCUT2D eigenvalue weighted by Crippen LogP contribution is 2.29. The molecule has 0 amide bonds. The molecule has 0 saturated carbocycles. The molecule has 5 heteroatoms. The number of aryl methyl sites for hydroxylation is 1. The summed E-state index contributed by atoms with van der Waals surface area (Å²) in [6.07, 6.45) is 1.59. The minimum atomic E-state index is -0.521. The van der Waals surface area contributed by atoms with Crippen molar-refractivity contribution in [2.24, 2.45) is 7.05 Å². The van der Waals surface area contributed by atoms with Gasteiger partial charge in [0.25, 0.3) is 0 Å². The Balaban J connectivity index is 1.95. The van der Waals surface area contributed by atoms with Crippen LogP contribution in [0.5, 0.6) is 0 Å². The Kier molecular flexibility index (Phi) is 2.52. The second-order valence-corrected chi connectivity index (χ2v) is 5.34. The number of rotatable bonds is 1. The van der Waals surface area contributed by atoms with E-state index in [9.17, 15) is 5.11 Å². The van der Waals surface area contributed by atoms with E-state index in [0.717, 1.165) is 42.7 Å². The molecule has 0 atom stereocenters. The smallest absolute Gasteiger partial charge is 0.136 e. The molecule has 0 aliphatic carbocycles. The quantitative estimate of drug-likeness (QED) is 0.824. The topological polar surface area (TPSA) is 54.2 Å². The summed E-state index contributed by atoms with van der Waals surface area (Å²) in [5.41, 5.74) is 2.59. The highest BCUT2D eigenvalue weighted by molar-refractivity contribution is 5.88. The first-order valence-corrected chi connectivity index (χ1v) is 6.33. The van der Waals surface area contributed by atoms with Crippen molar-refractivity contribution in [2.45, 2.75) is 25.4 Å². The third-order valence-corrected chi connectivity index (χ3v) is 3.80. The van der Waals surface area contributed by atoms with Crippen molar-refractivity contribution in [3.05, 3.63) is 18.2 Å². The Hall–Kier alpha value is -1.62. The highest BCUT2D eigenvalue weighted by Gasteiger charge is 2.28. The molecule has 1 saturated heterocycles. The van der Waals surface area contributed by atoms with E-state index in [1.807, 2.05) is 26.1 Å². The van der Waals surface area contributed by atoms with Crippen molar-refractivity contribution < 1.29 is 5.11 Å². The minimum absolute atomic E-state index is 0.521. The van der Waals surface area contributed by atoms with E-state index >= 15 is 0 Å². The van der Waals surface area contributed by atoms with E-state index in [1.54, 1.807) is 4.68 Å². The van der Waals surface area contributed by atoms with Gasteiger partial charge in [0.15, 0.2) is 0 Å². The standard InChI is InChI=1S/C13H18N4O/c1-13(18)6-8-17(9-7-13)11-5-3-4-10-12(11)14-15-16(10)2/h3-5,18H,6-9H2,1-2H3. The van der Waals surface area contributed by atoms with Crippen molar-refractivity contribution in [2.75, 3.05) is 18.0 Å². The lowest BCUT2D eigenvalue weighted by molar-refractivity contribution is 0.0352. The van der Waals surface area contributed by atoms with E-state index in [1.165, 1.54) is 0 Å². The first kappa shape index (κ1) is 11.5. The zero-order valence-corrected chi connectivity index (χ0v) is 10.8. The lowest BCUT2D eigenvalue weighted by Gasteiger charge is -2.37. The van der Waals surface area contributed by atoms with E-state index < -0.39 is 5.60 Å². The number of fused-ring (bicyclic) bond motifs is 1. The largest absolute Gasteiger partial charge is 0.390 e. The predicted octanol–water partition coefficient (Wildman–Crippen LogP) is 1.32. The van der Waals surface area contributed by atoms with Gasteiger partial charge in [0.05, 0.1) is 16.8 Å². The summed E-state index contributed by atoms with van der Waals surface area (Å²) in [6.45, 7) is 3.64. The third kappa shape index (κ3) is 1.84. The average molecular weight is 246 g/mol. The van der Waals surface area contributed by atoms with Crippen LogP contribution in [0.15, 0.2) is 18.2 Å². The van der Waals surface area contributed by atoms with Crippen LogP contribution < -0.4 is 4.90 Å². The predicted molar refractivity (Wildman–Crippen MR) is 70.6 cm³/mol. The summed E-state index contributed by atoms with van der Waals surface area (Å²) >= 11 is 0. The fraction of sp³-hybridized carbons (Fsp3) is 0.538. The summed E-state index contributed by atoms with van der Waals surface area (Å²) < 4.78 is 1.79. The molecule has 1 aromatic carbocycles. The molecule has 1 N–H and O–H groups in total. The van der Waals surface area contributed by atoms with Gasteiger partial charge >= 0.3 is 0 Å². The Morgan fingerprint density at radius 3 is 2.72 bits per heavy atom. The van der Waals surface area contributed by atoms with Crippen molar-refractivity contribution in [1.82, 2.24) is 15.0 Å². The molecule has 2 aromatic rings. The Labute approximate surface area is 106 Å². The van der Waals surface area contributed by atoms with Gasteiger partial charge in [-0.3, -0.25) is 0 Å². The van der Waals surface area contributed by atoms with E-state index in [2.05, 4.69) is 21.3 Å². The number of hydrogen-bond donors (Lipinski definition) is 1. The van der Waals surface area contributed by atoms with Crippen LogP contribution in [0.4, 0.5) is 5.69 Å². The molecule has 96 valence electrons. The second kappa shape index (κ2) is 3.95. The highest BCUT2D eigenvalue weighted by atomic mass is 16.3. The molecule has 1 fully saturated rings. The molecular formula is C13H18N4O. The van der Waals surface area contributed by atoms with Gasteiger partial charge in [-0.05, 0) is 31.9 Å². The molecule has 1 aliphatic rings. The summed E-state index contributed by atoms with van der Waals surface area (Å²) in [5.74, 6) is 0. The van der Waals surface area contributed by atoms with Crippen LogP contribution in [0.2, 0.25) is 0 Å². The van der Waals surface area contributed by atoms with E-state index in [0.29, 0.717) is 0 Å². The van der Waals surface area contributed by atoms with Gasteiger partial charge < -0.3 is 10.0 Å². The summed E-state index contributed by atoms with van der Waals surface area (Å²) in [5, 5.41) is 18.3. The first-order chi connectivity index (χ1) is 8.57. The average Bonchev–Trinajstić information content (AvgIpc) is 2.72. The monoisotopic (exact) mass is 246 g/mol. The number of aliphatic hydroxyl groups is 1. The van der Waals surface area contributed by atoms with Crippen molar-refractivity contribution in [3.8, 4) is 0 Å². The van der Waals surface area contributed by atoms with Gasteiger partial charge in [0.1, 0.15) is 5.52 Å². The molecule has 0 bridgehead atoms. The maximum atomic E-state index is 10.00. The zero-order valence-electron chi connectivity index (χ0n) is 10.8. The van der Waals surface area contributed by atoms with Crippen molar-refractivity contribution in [1.29, 1.82) is 0 Å². The molecule has 1 aromatic heterocycles. The van der Waals surface area contributed by atoms with Crippen LogP contribution in [0, 0.1) is 0 Å². The van der Waals surface area contributed by atoms with Crippen molar-refractivity contribution in [3.63, 3.8) is 0 Å². The van der Waals surface area contributed by atoms with Crippen LogP contribution in [0.1, 0.15) is 19.8 Å². The number of hydrogen-bond acceptors (Lipinski definition) is 4. The van der Waals surface area contributed by atoms with Crippen LogP contribution in [0.25, 0.3) is 11.0 Å². The maximum Gasteiger partial charge on any atom is 0.136 e. The summed E-state index contributed by atoms with van der Waals surface area (Å²) in [4.78, 5) is 2.29. The van der Waals surface area contributed by atoms with Gasteiger partial charge in [-0.25, -0.2) is 4.68 Å². The molecule has 5 nitrogen and oxygen atoms in total. The van der Waals surface area contributed by atoms with Crippen LogP contribution in [-0.4, -0.2) is 38.8 Å². The lowest BCUT2D eigenvalue weighted by atomic mass is 9.93. The molecule has 0 spiro atoms. The number of aromatic nitrogens is 3. The number of nitrogens with zero attached hydrogens (tertiary/aromatic N) is 4. The summed E-state index contributed by atoms with van der Waals surface area (Å²) in [6, 6.07) is 6.14. The maximum absolute atomic E-state index is 10.00. The molecule has 0 unspecified atom stereocenters. The van der Waals surface area contributed by atoms with E-state index in [4.69, 9.17) is 0 Å². The number of benzene rings is 1. The molecule has 1 aliphatic heterocycles. The SMILES string of the molecule is Cn1nnc2c(N3CCC(C)(O)CC3)cccc21. The molecular weight excluding hydrogens is 228 g/mol. The number of anilines is 1. The van der Waals surface area contributed by atoms with Gasteiger partial charge in [-0.1, -0.05) is 11.3 Å². The molecule has 18 heavy (non-hydrogen) atoms. The van der Waals surface area contributed by atoms with Gasteiger partial charge in [0, 0.05) is 20.1 Å². The van der Waals surface area contributed by atoms with Crippen LogP contribution in [-0.2, 0) is 7.05 Å².